The summed E-state index contributed by atoms with van der Waals surface area (Å²) in [6.07, 6.45) is 1.38. The van der Waals surface area contributed by atoms with E-state index in [1.54, 1.807) is 16.6 Å². The van der Waals surface area contributed by atoms with Gasteiger partial charge in [-0.25, -0.2) is 17.9 Å². The number of nitrogen functional groups attached to an aromatic ring is 1. The molecule has 0 saturated carbocycles. The first-order valence-electron chi connectivity index (χ1n) is 9.13. The number of nitrogens with two attached hydrogens (primary N) is 1. The number of nitrogens with one attached hydrogen (secondary N) is 1. The SMILES string of the molecule is Cc1cc(-c2cccc(NS(=O)(=O)c3cc(Cl)cc(CO)c3Cl)c2I)c2c(N)ncnn12. The van der Waals surface area contributed by atoms with E-state index in [2.05, 4.69) is 37.4 Å². The quantitative estimate of drug-likeness (QED) is 0.289. The molecule has 0 radical (unpaired) electrons. The van der Waals surface area contributed by atoms with Crippen molar-refractivity contribution in [2.75, 3.05) is 10.5 Å². The third kappa shape index (κ3) is 4.01. The van der Waals surface area contributed by atoms with Gasteiger partial charge in [-0.3, -0.25) is 4.72 Å². The number of aliphatic hydroxyl groups is 1. The van der Waals surface area contributed by atoms with Crippen molar-refractivity contribution in [2.45, 2.75) is 18.4 Å². The van der Waals surface area contributed by atoms with Crippen LogP contribution in [0.25, 0.3) is 16.6 Å². The molecule has 0 aliphatic carbocycles. The molecule has 0 atom stereocenters. The van der Waals surface area contributed by atoms with Crippen molar-refractivity contribution < 1.29 is 13.5 Å². The number of aryl methyl sites for hydroxylation is 1. The molecule has 4 rings (SSSR count). The maximum absolute atomic E-state index is 13.1. The summed E-state index contributed by atoms with van der Waals surface area (Å²) >= 11 is 14.3. The second kappa shape index (κ2) is 8.67. The van der Waals surface area contributed by atoms with E-state index in [0.717, 1.165) is 16.8 Å². The number of hydrogen-bond donors (Lipinski definition) is 3. The molecule has 0 unspecified atom stereocenters. The molecular formula is C20H16Cl2IN5O3S. The van der Waals surface area contributed by atoms with Crippen molar-refractivity contribution in [3.8, 4) is 11.1 Å². The first-order valence-corrected chi connectivity index (χ1v) is 12.4. The van der Waals surface area contributed by atoms with Gasteiger partial charge in [-0.2, -0.15) is 5.10 Å². The monoisotopic (exact) mass is 603 g/mol. The Hall–Kier alpha value is -2.12. The van der Waals surface area contributed by atoms with Gasteiger partial charge in [0.15, 0.2) is 5.82 Å². The van der Waals surface area contributed by atoms with E-state index in [4.69, 9.17) is 28.9 Å². The summed E-state index contributed by atoms with van der Waals surface area (Å²) in [5.41, 5.74) is 9.68. The first kappa shape index (κ1) is 23.1. The zero-order chi connectivity index (χ0) is 23.2. The van der Waals surface area contributed by atoms with Crippen LogP contribution in [0.4, 0.5) is 11.5 Å². The molecule has 0 amide bonds. The Morgan fingerprint density at radius 3 is 2.69 bits per heavy atom. The number of halogens is 3. The summed E-state index contributed by atoms with van der Waals surface area (Å²) in [6, 6.07) is 9.80. The van der Waals surface area contributed by atoms with E-state index < -0.39 is 16.6 Å². The number of rotatable bonds is 5. The molecule has 0 aliphatic heterocycles. The fraction of sp³-hybridized carbons (Fsp3) is 0.100. The van der Waals surface area contributed by atoms with E-state index in [0.29, 0.717) is 20.6 Å². The minimum Gasteiger partial charge on any atom is -0.392 e. The topological polar surface area (TPSA) is 123 Å². The lowest BCUT2D eigenvalue weighted by molar-refractivity contribution is 0.281. The molecule has 8 nitrogen and oxygen atoms in total. The lowest BCUT2D eigenvalue weighted by Gasteiger charge is -2.15. The van der Waals surface area contributed by atoms with Crippen molar-refractivity contribution in [3.05, 3.63) is 67.6 Å². The third-order valence-corrected chi connectivity index (χ3v) is 8.16. The van der Waals surface area contributed by atoms with Gasteiger partial charge in [0.05, 0.1) is 17.3 Å². The largest absolute Gasteiger partial charge is 0.392 e. The van der Waals surface area contributed by atoms with Crippen LogP contribution in [0.15, 0.2) is 47.6 Å². The van der Waals surface area contributed by atoms with Crippen LogP contribution in [0.5, 0.6) is 0 Å². The Bertz CT molecular complexity index is 1470. The van der Waals surface area contributed by atoms with Gasteiger partial charge in [0.25, 0.3) is 10.0 Å². The maximum Gasteiger partial charge on any atom is 0.263 e. The van der Waals surface area contributed by atoms with Crippen LogP contribution in [-0.4, -0.2) is 28.1 Å². The Labute approximate surface area is 207 Å². The Morgan fingerprint density at radius 2 is 1.97 bits per heavy atom. The normalized spacial score (nSPS) is 11.8. The minimum absolute atomic E-state index is 0.0884. The highest BCUT2D eigenvalue weighted by molar-refractivity contribution is 14.1. The van der Waals surface area contributed by atoms with Gasteiger partial charge in [0.1, 0.15) is 16.7 Å². The van der Waals surface area contributed by atoms with Gasteiger partial charge in [-0.05, 0) is 64.9 Å². The molecule has 0 fully saturated rings. The molecule has 32 heavy (non-hydrogen) atoms. The molecule has 2 aromatic heterocycles. The predicted molar refractivity (Wildman–Crippen MR) is 133 cm³/mol. The molecule has 0 spiro atoms. The lowest BCUT2D eigenvalue weighted by Crippen LogP contribution is -2.15. The highest BCUT2D eigenvalue weighted by atomic mass is 127. The number of nitrogens with zero attached hydrogens (tertiary/aromatic N) is 3. The number of fused-ring (bicyclic) bond motifs is 1. The van der Waals surface area contributed by atoms with Crippen molar-refractivity contribution >= 4 is 72.8 Å². The van der Waals surface area contributed by atoms with Gasteiger partial charge in [-0.1, -0.05) is 35.3 Å². The number of hydrogen-bond acceptors (Lipinski definition) is 6. The Balaban J connectivity index is 1.83. The fourth-order valence-corrected chi connectivity index (χ4v) is 6.34. The highest BCUT2D eigenvalue weighted by Crippen LogP contribution is 2.37. The number of sulfonamides is 1. The maximum atomic E-state index is 13.1. The molecule has 0 bridgehead atoms. The van der Waals surface area contributed by atoms with Crippen LogP contribution >= 0.6 is 45.8 Å². The van der Waals surface area contributed by atoms with E-state index in [9.17, 15) is 13.5 Å². The highest BCUT2D eigenvalue weighted by Gasteiger charge is 2.23. The van der Waals surface area contributed by atoms with Crippen LogP contribution < -0.4 is 10.5 Å². The molecule has 4 N–H and O–H groups in total. The molecule has 2 heterocycles. The van der Waals surface area contributed by atoms with Gasteiger partial charge < -0.3 is 10.8 Å². The second-order valence-corrected chi connectivity index (χ2v) is 10.5. The Kier molecular flexibility index (Phi) is 6.25. The summed E-state index contributed by atoms with van der Waals surface area (Å²) in [5.74, 6) is 0.312. The lowest BCUT2D eigenvalue weighted by atomic mass is 10.1. The van der Waals surface area contributed by atoms with Gasteiger partial charge in [0.2, 0.25) is 0 Å². The zero-order valence-electron chi connectivity index (χ0n) is 16.5. The number of benzene rings is 2. The van der Waals surface area contributed by atoms with E-state index in [-0.39, 0.29) is 20.5 Å². The predicted octanol–water partition coefficient (Wildman–Crippen LogP) is 4.49. The summed E-state index contributed by atoms with van der Waals surface area (Å²) in [6.45, 7) is 1.45. The number of aliphatic hydroxyl groups excluding tert-OH is 1. The van der Waals surface area contributed by atoms with Crippen LogP contribution in [0, 0.1) is 10.5 Å². The third-order valence-electron chi connectivity index (χ3n) is 4.83. The number of anilines is 2. The van der Waals surface area contributed by atoms with Crippen LogP contribution in [0.3, 0.4) is 0 Å². The van der Waals surface area contributed by atoms with Gasteiger partial charge >= 0.3 is 0 Å². The van der Waals surface area contributed by atoms with Crippen molar-refractivity contribution in [3.63, 3.8) is 0 Å². The smallest absolute Gasteiger partial charge is 0.263 e. The Morgan fingerprint density at radius 1 is 1.22 bits per heavy atom. The average Bonchev–Trinajstić information content (AvgIpc) is 3.08. The minimum atomic E-state index is -4.10. The molecule has 0 saturated heterocycles. The van der Waals surface area contributed by atoms with Gasteiger partial charge in [0, 0.05) is 19.9 Å². The number of aromatic nitrogens is 3. The fourth-order valence-electron chi connectivity index (χ4n) is 3.38. The molecule has 0 aliphatic rings. The first-order chi connectivity index (χ1) is 15.1. The summed E-state index contributed by atoms with van der Waals surface area (Å²) < 4.78 is 31.2. The van der Waals surface area contributed by atoms with Crippen molar-refractivity contribution in [2.24, 2.45) is 0 Å². The molecule has 12 heteroatoms. The summed E-state index contributed by atoms with van der Waals surface area (Å²) in [4.78, 5) is 3.85. The average molecular weight is 604 g/mol. The van der Waals surface area contributed by atoms with Gasteiger partial charge in [-0.15, -0.1) is 0 Å². The summed E-state index contributed by atoms with van der Waals surface area (Å²) in [5, 5.41) is 13.8. The van der Waals surface area contributed by atoms with Crippen LogP contribution in [0.1, 0.15) is 11.3 Å². The van der Waals surface area contributed by atoms with E-state index in [1.165, 1.54) is 18.5 Å². The second-order valence-electron chi connectivity index (χ2n) is 6.91. The van der Waals surface area contributed by atoms with E-state index in [1.807, 2.05) is 19.1 Å². The van der Waals surface area contributed by atoms with Crippen LogP contribution in [-0.2, 0) is 16.6 Å². The molecule has 166 valence electrons. The summed E-state index contributed by atoms with van der Waals surface area (Å²) in [7, 11) is -4.10. The van der Waals surface area contributed by atoms with E-state index >= 15 is 0 Å². The van der Waals surface area contributed by atoms with Crippen molar-refractivity contribution in [1.29, 1.82) is 0 Å². The van der Waals surface area contributed by atoms with Crippen LogP contribution in [0.2, 0.25) is 10.0 Å². The molecule has 2 aromatic carbocycles. The molecule has 4 aromatic rings. The van der Waals surface area contributed by atoms with Crippen molar-refractivity contribution in [1.82, 2.24) is 14.6 Å². The standard InChI is InChI=1S/C20H16Cl2IN5O3S/c1-10-5-14(19-20(24)25-9-26-28(10)19)13-3-2-4-15(18(13)23)27-32(30,31)16-7-12(21)6-11(8-29)17(16)22/h2-7,9,27,29H,8H2,1H3,(H2,24,25,26). The molecular weight excluding hydrogens is 588 g/mol. The zero-order valence-corrected chi connectivity index (χ0v) is 21.0.